The zero-order valence-corrected chi connectivity index (χ0v) is 10.9. The average Bonchev–Trinajstić information content (AvgIpc) is 2.37. The maximum Gasteiger partial charge on any atom is 0.307 e. The normalized spacial score (nSPS) is 11.8. The molecule has 0 radical (unpaired) electrons. The number of hydrogen-bond donors (Lipinski definition) is 1. The van der Waals surface area contributed by atoms with Crippen LogP contribution in [0.25, 0.3) is 0 Å². The largest absolute Gasteiger partial charge is 0.466 e. The molecule has 0 aliphatic rings. The lowest BCUT2D eigenvalue weighted by Gasteiger charge is -2.17. The molecule has 1 aromatic rings. The number of rotatable bonds is 8. The minimum atomic E-state index is -0.157. The lowest BCUT2D eigenvalue weighted by molar-refractivity contribution is -0.143. The predicted octanol–water partition coefficient (Wildman–Crippen LogP) is 2.33. The summed E-state index contributed by atoms with van der Waals surface area (Å²) in [6.07, 6.45) is 2.99. The number of hydrogen-bond acceptors (Lipinski definition) is 3. The molecule has 0 saturated heterocycles. The first-order valence-electron chi connectivity index (χ1n) is 6.30. The van der Waals surface area contributed by atoms with Gasteiger partial charge in [0, 0.05) is 12.6 Å². The van der Waals surface area contributed by atoms with Crippen LogP contribution in [-0.4, -0.2) is 25.2 Å². The molecule has 1 N–H and O–H groups in total. The van der Waals surface area contributed by atoms with Gasteiger partial charge in [-0.25, -0.2) is 0 Å². The third kappa shape index (κ3) is 5.64. The molecule has 0 aliphatic carbocycles. The van der Waals surface area contributed by atoms with Crippen LogP contribution in [-0.2, 0) is 16.0 Å². The molecule has 0 amide bonds. The van der Waals surface area contributed by atoms with Crippen molar-refractivity contribution in [3.63, 3.8) is 0 Å². The van der Waals surface area contributed by atoms with Gasteiger partial charge in [-0.05, 0) is 18.9 Å². The van der Waals surface area contributed by atoms with Crippen molar-refractivity contribution in [3.8, 4) is 0 Å². The van der Waals surface area contributed by atoms with Gasteiger partial charge in [0.1, 0.15) is 0 Å². The van der Waals surface area contributed by atoms with Crippen LogP contribution in [0.4, 0.5) is 0 Å². The Morgan fingerprint density at radius 2 is 2.17 bits per heavy atom. The molecule has 98 valence electrons. The highest BCUT2D eigenvalue weighted by Crippen LogP contribution is 2.06. The van der Waals surface area contributed by atoms with Gasteiger partial charge in [0.15, 0.2) is 0 Å². The highest BCUT2D eigenvalue weighted by atomic mass is 16.5. The van der Waals surface area contributed by atoms with Gasteiger partial charge in [-0.15, -0.1) is 6.58 Å². The van der Waals surface area contributed by atoms with Gasteiger partial charge in [-0.3, -0.25) is 4.79 Å². The molecule has 0 spiro atoms. The van der Waals surface area contributed by atoms with Gasteiger partial charge in [-0.2, -0.15) is 0 Å². The molecule has 0 saturated carbocycles. The summed E-state index contributed by atoms with van der Waals surface area (Å²) in [6, 6.07) is 10.2. The molecule has 1 rings (SSSR count). The van der Waals surface area contributed by atoms with Crippen LogP contribution in [0.15, 0.2) is 43.0 Å². The van der Waals surface area contributed by atoms with E-state index in [0.717, 1.165) is 6.42 Å². The minimum absolute atomic E-state index is 0.0875. The van der Waals surface area contributed by atoms with E-state index in [9.17, 15) is 4.79 Å². The van der Waals surface area contributed by atoms with Crippen LogP contribution < -0.4 is 5.32 Å². The summed E-state index contributed by atoms with van der Waals surface area (Å²) in [5.41, 5.74) is 1.21. The van der Waals surface area contributed by atoms with E-state index in [1.54, 1.807) is 6.08 Å². The second-order valence-corrected chi connectivity index (χ2v) is 4.09. The fraction of sp³-hybridized carbons (Fsp3) is 0.400. The van der Waals surface area contributed by atoms with Gasteiger partial charge in [0.05, 0.1) is 13.0 Å². The van der Waals surface area contributed by atoms with E-state index in [2.05, 4.69) is 24.0 Å². The van der Waals surface area contributed by atoms with Crippen molar-refractivity contribution in [2.45, 2.75) is 25.8 Å². The lowest BCUT2D eigenvalue weighted by Crippen LogP contribution is -2.34. The molecule has 0 heterocycles. The third-order valence-corrected chi connectivity index (χ3v) is 2.59. The van der Waals surface area contributed by atoms with Gasteiger partial charge in [0.25, 0.3) is 0 Å². The van der Waals surface area contributed by atoms with Crippen LogP contribution >= 0.6 is 0 Å². The van der Waals surface area contributed by atoms with Gasteiger partial charge in [0.2, 0.25) is 0 Å². The minimum Gasteiger partial charge on any atom is -0.466 e. The molecule has 18 heavy (non-hydrogen) atoms. The molecule has 0 fully saturated rings. The first-order valence-corrected chi connectivity index (χ1v) is 6.30. The highest BCUT2D eigenvalue weighted by Gasteiger charge is 2.14. The van der Waals surface area contributed by atoms with Crippen LogP contribution in [0.5, 0.6) is 0 Å². The molecule has 1 atom stereocenters. The Hall–Kier alpha value is -1.61. The number of esters is 1. The molecule has 1 aromatic carbocycles. The Labute approximate surface area is 109 Å². The SMILES string of the molecule is C=CCNC(CC(=O)OCC)Cc1ccccc1. The summed E-state index contributed by atoms with van der Waals surface area (Å²) < 4.78 is 4.99. The summed E-state index contributed by atoms with van der Waals surface area (Å²) in [5, 5.41) is 3.29. The Morgan fingerprint density at radius 3 is 2.78 bits per heavy atom. The third-order valence-electron chi connectivity index (χ3n) is 2.59. The second-order valence-electron chi connectivity index (χ2n) is 4.09. The summed E-state index contributed by atoms with van der Waals surface area (Å²) in [7, 11) is 0. The van der Waals surface area contributed by atoms with E-state index >= 15 is 0 Å². The van der Waals surface area contributed by atoms with Gasteiger partial charge in [-0.1, -0.05) is 36.4 Å². The predicted molar refractivity (Wildman–Crippen MR) is 73.4 cm³/mol. The van der Waals surface area contributed by atoms with Crippen molar-refractivity contribution >= 4 is 5.97 Å². The maximum atomic E-state index is 11.5. The topological polar surface area (TPSA) is 38.3 Å². The fourth-order valence-corrected chi connectivity index (χ4v) is 1.79. The Kier molecular flexibility index (Phi) is 6.81. The Morgan fingerprint density at radius 1 is 1.44 bits per heavy atom. The van der Waals surface area contributed by atoms with Crippen molar-refractivity contribution in [1.82, 2.24) is 5.32 Å². The maximum absolute atomic E-state index is 11.5. The smallest absolute Gasteiger partial charge is 0.307 e. The number of carbonyl (C=O) groups excluding carboxylic acids is 1. The zero-order chi connectivity index (χ0) is 13.2. The molecule has 3 nitrogen and oxygen atoms in total. The molecule has 1 unspecified atom stereocenters. The summed E-state index contributed by atoms with van der Waals surface area (Å²) in [4.78, 5) is 11.5. The van der Waals surface area contributed by atoms with Crippen molar-refractivity contribution < 1.29 is 9.53 Å². The van der Waals surface area contributed by atoms with Crippen molar-refractivity contribution in [1.29, 1.82) is 0 Å². The molecular formula is C15H21NO2. The van der Waals surface area contributed by atoms with Crippen LogP contribution in [0, 0.1) is 0 Å². The first kappa shape index (κ1) is 14.5. The van der Waals surface area contributed by atoms with Crippen molar-refractivity contribution in [3.05, 3.63) is 48.6 Å². The number of benzene rings is 1. The van der Waals surface area contributed by atoms with Crippen molar-refractivity contribution in [2.24, 2.45) is 0 Å². The second kappa shape index (κ2) is 8.48. The first-order chi connectivity index (χ1) is 8.76. The van der Waals surface area contributed by atoms with Crippen LogP contribution in [0.2, 0.25) is 0 Å². The molecule has 0 aromatic heterocycles. The van der Waals surface area contributed by atoms with E-state index in [-0.39, 0.29) is 12.0 Å². The number of ether oxygens (including phenoxy) is 1. The van der Waals surface area contributed by atoms with E-state index in [1.807, 2.05) is 25.1 Å². The van der Waals surface area contributed by atoms with E-state index in [1.165, 1.54) is 5.56 Å². The number of nitrogens with one attached hydrogen (secondary N) is 1. The Balaban J connectivity index is 2.54. The monoisotopic (exact) mass is 247 g/mol. The molecule has 0 aliphatic heterocycles. The summed E-state index contributed by atoms with van der Waals surface area (Å²) in [5.74, 6) is -0.157. The van der Waals surface area contributed by atoms with Crippen LogP contribution in [0.3, 0.4) is 0 Å². The van der Waals surface area contributed by atoms with Gasteiger partial charge < -0.3 is 10.1 Å². The molecule has 3 heteroatoms. The van der Waals surface area contributed by atoms with E-state index < -0.39 is 0 Å². The van der Waals surface area contributed by atoms with E-state index in [0.29, 0.717) is 19.6 Å². The number of carbonyl (C=O) groups is 1. The lowest BCUT2D eigenvalue weighted by atomic mass is 10.0. The quantitative estimate of drug-likeness (QED) is 0.566. The highest BCUT2D eigenvalue weighted by molar-refractivity contribution is 5.70. The molecular weight excluding hydrogens is 226 g/mol. The van der Waals surface area contributed by atoms with E-state index in [4.69, 9.17) is 4.74 Å². The average molecular weight is 247 g/mol. The van der Waals surface area contributed by atoms with Crippen molar-refractivity contribution in [2.75, 3.05) is 13.2 Å². The zero-order valence-electron chi connectivity index (χ0n) is 10.9. The van der Waals surface area contributed by atoms with Gasteiger partial charge >= 0.3 is 5.97 Å². The fourth-order valence-electron chi connectivity index (χ4n) is 1.79. The molecule has 0 bridgehead atoms. The summed E-state index contributed by atoms with van der Waals surface area (Å²) >= 11 is 0. The van der Waals surface area contributed by atoms with Crippen LogP contribution in [0.1, 0.15) is 18.9 Å². The standard InChI is InChI=1S/C15H21NO2/c1-3-10-16-14(12-15(17)18-4-2)11-13-8-6-5-7-9-13/h3,5-9,14,16H,1,4,10-12H2,2H3. The Bertz CT molecular complexity index is 362. The summed E-state index contributed by atoms with van der Waals surface area (Å²) in [6.45, 7) is 6.62.